The molecule has 11 heteroatoms. The summed E-state index contributed by atoms with van der Waals surface area (Å²) in [6, 6.07) is 10.5. The van der Waals surface area contributed by atoms with E-state index in [1.54, 1.807) is 47.3 Å². The molecule has 4 aromatic rings. The van der Waals surface area contributed by atoms with E-state index in [0.29, 0.717) is 20.6 Å². The van der Waals surface area contributed by atoms with Gasteiger partial charge in [0.15, 0.2) is 0 Å². The third-order valence-corrected chi connectivity index (χ3v) is 5.24. The number of aromatic nitrogens is 5. The third kappa shape index (κ3) is 4.18. The zero-order chi connectivity index (χ0) is 20.4. The van der Waals surface area contributed by atoms with Crippen molar-refractivity contribution in [3.63, 3.8) is 0 Å². The zero-order valence-electron chi connectivity index (χ0n) is 14.7. The summed E-state index contributed by atoms with van der Waals surface area (Å²) in [6.07, 6.45) is 3.15. The number of benzene rings is 1. The third-order valence-electron chi connectivity index (χ3n) is 4.01. The second-order valence-corrected chi connectivity index (χ2v) is 7.69. The van der Waals surface area contributed by atoms with E-state index in [0.717, 1.165) is 11.3 Å². The predicted molar refractivity (Wildman–Crippen MR) is 109 cm³/mol. The van der Waals surface area contributed by atoms with Crippen molar-refractivity contribution in [2.75, 3.05) is 0 Å². The normalized spacial score (nSPS) is 10.8. The van der Waals surface area contributed by atoms with Crippen LogP contribution in [0, 0.1) is 0 Å². The lowest BCUT2D eigenvalue weighted by Gasteiger charge is -2.03. The van der Waals surface area contributed by atoms with Crippen LogP contribution in [0.25, 0.3) is 16.9 Å². The van der Waals surface area contributed by atoms with Crippen molar-refractivity contribution in [1.29, 1.82) is 0 Å². The zero-order valence-corrected chi connectivity index (χ0v) is 16.3. The minimum atomic E-state index is -0.709. The Kier molecular flexibility index (Phi) is 5.10. The Balaban J connectivity index is 1.45. The molecule has 146 valence electrons. The van der Waals surface area contributed by atoms with Crippen LogP contribution >= 0.6 is 22.9 Å². The molecule has 0 aliphatic rings. The Morgan fingerprint density at radius 3 is 2.62 bits per heavy atom. The van der Waals surface area contributed by atoms with Crippen LogP contribution < -0.4 is 16.4 Å². The number of nitrogens with zero attached hydrogens (tertiary/aromatic N) is 3. The summed E-state index contributed by atoms with van der Waals surface area (Å²) in [5.74, 6) is -0.226. The number of carbonyl (C=O) groups excluding carboxylic acids is 1. The first-order valence-electron chi connectivity index (χ1n) is 8.37. The van der Waals surface area contributed by atoms with Gasteiger partial charge in [-0.3, -0.25) is 14.4 Å². The summed E-state index contributed by atoms with van der Waals surface area (Å²) in [6.45, 7) is 0.227. The van der Waals surface area contributed by atoms with Crippen LogP contribution in [0.15, 0.2) is 58.4 Å². The van der Waals surface area contributed by atoms with E-state index < -0.39 is 11.1 Å². The van der Waals surface area contributed by atoms with Gasteiger partial charge in [0.05, 0.1) is 33.3 Å². The van der Waals surface area contributed by atoms with Crippen molar-refractivity contribution in [3.8, 4) is 16.9 Å². The Hall–Kier alpha value is -3.50. The maximum absolute atomic E-state index is 12.1. The first kappa shape index (κ1) is 18.8. The second kappa shape index (κ2) is 7.86. The molecule has 0 unspecified atom stereocenters. The van der Waals surface area contributed by atoms with Crippen LogP contribution in [-0.4, -0.2) is 30.9 Å². The molecule has 9 nitrogen and oxygen atoms in total. The minimum absolute atomic E-state index is 0.226. The van der Waals surface area contributed by atoms with Crippen molar-refractivity contribution < 1.29 is 4.79 Å². The summed E-state index contributed by atoms with van der Waals surface area (Å²) in [7, 11) is 0. The van der Waals surface area contributed by atoms with Gasteiger partial charge in [-0.15, -0.1) is 16.4 Å². The summed E-state index contributed by atoms with van der Waals surface area (Å²) >= 11 is 7.04. The smallest absolute Gasteiger partial charge is 0.314 e. The number of hydrogen-bond acceptors (Lipinski definition) is 6. The Bertz CT molecular complexity index is 1290. The number of amides is 1. The summed E-state index contributed by atoms with van der Waals surface area (Å²) in [4.78, 5) is 40.1. The SMILES string of the molecule is O=C(NCc1cn(-c2ccc(-c3c[nH]c(=O)c(=O)[nH]3)cc2)nn1)c1ccc(Cl)s1. The molecule has 0 aliphatic heterocycles. The lowest BCUT2D eigenvalue weighted by molar-refractivity contribution is 0.0954. The van der Waals surface area contributed by atoms with Gasteiger partial charge in [-0.2, -0.15) is 0 Å². The van der Waals surface area contributed by atoms with Crippen LogP contribution in [0.5, 0.6) is 0 Å². The van der Waals surface area contributed by atoms with E-state index >= 15 is 0 Å². The average molecular weight is 429 g/mol. The molecular formula is C18H13ClN6O3S. The van der Waals surface area contributed by atoms with E-state index in [2.05, 4.69) is 25.6 Å². The maximum Gasteiger partial charge on any atom is 0.314 e. The first-order chi connectivity index (χ1) is 14.0. The molecule has 0 saturated heterocycles. The molecule has 1 aromatic carbocycles. The molecule has 3 aromatic heterocycles. The van der Waals surface area contributed by atoms with Gasteiger partial charge in [0, 0.05) is 6.20 Å². The Labute approximate surface area is 172 Å². The lowest BCUT2D eigenvalue weighted by Crippen LogP contribution is -2.28. The van der Waals surface area contributed by atoms with Crippen LogP contribution in [0.4, 0.5) is 0 Å². The monoisotopic (exact) mass is 428 g/mol. The molecule has 3 N–H and O–H groups in total. The number of aromatic amines is 2. The second-order valence-electron chi connectivity index (χ2n) is 5.97. The van der Waals surface area contributed by atoms with Gasteiger partial charge < -0.3 is 15.3 Å². The largest absolute Gasteiger partial charge is 0.346 e. The molecule has 0 fully saturated rings. The Morgan fingerprint density at radius 1 is 1.14 bits per heavy atom. The number of hydrogen-bond donors (Lipinski definition) is 3. The summed E-state index contributed by atoms with van der Waals surface area (Å²) in [5.41, 5.74) is 1.15. The van der Waals surface area contributed by atoms with Crippen molar-refractivity contribution in [3.05, 3.63) is 84.4 Å². The first-order valence-corrected chi connectivity index (χ1v) is 9.56. The van der Waals surface area contributed by atoms with Crippen molar-refractivity contribution >= 4 is 28.8 Å². The highest BCUT2D eigenvalue weighted by atomic mass is 35.5. The predicted octanol–water partition coefficient (Wildman–Crippen LogP) is 1.96. The highest BCUT2D eigenvalue weighted by Crippen LogP contribution is 2.21. The van der Waals surface area contributed by atoms with Crippen LogP contribution in [-0.2, 0) is 6.54 Å². The molecule has 4 rings (SSSR count). The quantitative estimate of drug-likeness (QED) is 0.419. The molecule has 0 bridgehead atoms. The van der Waals surface area contributed by atoms with E-state index in [1.165, 1.54) is 17.5 Å². The van der Waals surface area contributed by atoms with Gasteiger partial charge in [0.25, 0.3) is 5.91 Å². The molecule has 29 heavy (non-hydrogen) atoms. The average Bonchev–Trinajstić information content (AvgIpc) is 3.38. The van der Waals surface area contributed by atoms with Crippen molar-refractivity contribution in [1.82, 2.24) is 30.3 Å². The lowest BCUT2D eigenvalue weighted by atomic mass is 10.1. The van der Waals surface area contributed by atoms with Crippen LogP contribution in [0.3, 0.4) is 0 Å². The van der Waals surface area contributed by atoms with Gasteiger partial charge in [0.2, 0.25) is 0 Å². The topological polar surface area (TPSA) is 126 Å². The highest BCUT2D eigenvalue weighted by molar-refractivity contribution is 7.17. The summed E-state index contributed by atoms with van der Waals surface area (Å²) < 4.78 is 2.12. The van der Waals surface area contributed by atoms with Gasteiger partial charge in [-0.25, -0.2) is 4.68 Å². The standard InChI is InChI=1S/C18H13ClN6O3S/c19-15-6-5-14(29-15)16(26)20-7-11-9-25(24-23-11)12-3-1-10(2-4-12)13-8-21-17(27)18(28)22-13/h1-6,8-9H,7H2,(H,20,26)(H,21,27)(H,22,28). The van der Waals surface area contributed by atoms with E-state index in [-0.39, 0.29) is 12.5 Å². The van der Waals surface area contributed by atoms with Gasteiger partial charge in [-0.05, 0) is 29.8 Å². The molecule has 0 atom stereocenters. The van der Waals surface area contributed by atoms with Crippen molar-refractivity contribution in [2.45, 2.75) is 6.54 Å². The van der Waals surface area contributed by atoms with Crippen LogP contribution in [0.1, 0.15) is 15.4 Å². The molecule has 0 radical (unpaired) electrons. The molecule has 0 saturated carbocycles. The van der Waals surface area contributed by atoms with Gasteiger partial charge >= 0.3 is 11.1 Å². The number of carbonyl (C=O) groups is 1. The molecule has 0 aliphatic carbocycles. The number of halogens is 1. The van der Waals surface area contributed by atoms with E-state index in [1.807, 2.05) is 0 Å². The highest BCUT2D eigenvalue weighted by Gasteiger charge is 2.10. The number of rotatable bonds is 5. The van der Waals surface area contributed by atoms with Gasteiger partial charge in [-0.1, -0.05) is 28.9 Å². The number of H-pyrrole nitrogens is 2. The molecular weight excluding hydrogens is 416 g/mol. The number of nitrogens with one attached hydrogen (secondary N) is 3. The summed E-state index contributed by atoms with van der Waals surface area (Å²) in [5, 5.41) is 10.9. The number of thiophene rings is 1. The maximum atomic E-state index is 12.1. The molecule has 0 spiro atoms. The molecule has 1 amide bonds. The van der Waals surface area contributed by atoms with E-state index in [4.69, 9.17) is 11.6 Å². The Morgan fingerprint density at radius 2 is 1.93 bits per heavy atom. The van der Waals surface area contributed by atoms with Crippen LogP contribution in [0.2, 0.25) is 4.34 Å². The fourth-order valence-corrected chi connectivity index (χ4v) is 3.53. The minimum Gasteiger partial charge on any atom is -0.346 e. The van der Waals surface area contributed by atoms with E-state index in [9.17, 15) is 14.4 Å². The molecule has 3 heterocycles. The van der Waals surface area contributed by atoms with Gasteiger partial charge in [0.1, 0.15) is 5.69 Å². The van der Waals surface area contributed by atoms with Crippen molar-refractivity contribution in [2.24, 2.45) is 0 Å². The fourth-order valence-electron chi connectivity index (χ4n) is 2.57. The fraction of sp³-hybridized carbons (Fsp3) is 0.0556.